The molecule has 1 amide bonds. The topological polar surface area (TPSA) is 75.4 Å². The number of rotatable bonds is 4. The Morgan fingerprint density at radius 3 is 2.43 bits per heavy atom. The van der Waals surface area contributed by atoms with Crippen LogP contribution in [-0.2, 0) is 4.79 Å². The largest absolute Gasteiger partial charge is 0.481 e. The van der Waals surface area contributed by atoms with E-state index in [0.717, 1.165) is 18.5 Å². The first-order valence-electron chi connectivity index (χ1n) is 7.73. The maximum Gasteiger partial charge on any atom is 0.303 e. The molecule has 1 fully saturated rings. The van der Waals surface area contributed by atoms with Gasteiger partial charge in [0.1, 0.15) is 0 Å². The molecule has 0 radical (unpaired) electrons. The number of carboxylic acid groups (broad SMARTS) is 1. The van der Waals surface area contributed by atoms with Gasteiger partial charge >= 0.3 is 5.97 Å². The maximum atomic E-state index is 12.5. The van der Waals surface area contributed by atoms with E-state index in [0.29, 0.717) is 18.7 Å². The van der Waals surface area contributed by atoms with Crippen molar-refractivity contribution >= 4 is 11.9 Å². The van der Waals surface area contributed by atoms with Crippen LogP contribution in [0.2, 0.25) is 0 Å². The zero-order valence-corrected chi connectivity index (χ0v) is 12.8. The third-order valence-corrected chi connectivity index (χ3v) is 4.28. The third kappa shape index (κ3) is 3.59. The van der Waals surface area contributed by atoms with Crippen LogP contribution in [0.1, 0.15) is 29.6 Å². The lowest BCUT2D eigenvalue weighted by atomic mass is 9.93. The molecule has 1 aliphatic heterocycles. The second kappa shape index (κ2) is 6.64. The molecule has 0 unspecified atom stereocenters. The SMILES string of the molecule is O=C(O)CC1CCN(C(=O)c2ccc(-n3ccnc3)cc2)CC1. The standard InChI is InChI=1S/C17H19N3O3/c21-16(22)11-13-5-8-19(9-6-13)17(23)14-1-3-15(4-2-14)20-10-7-18-12-20/h1-4,7,10,12-13H,5-6,8-9,11H2,(H,21,22). The molecule has 3 rings (SSSR count). The van der Waals surface area contributed by atoms with Crippen molar-refractivity contribution in [3.63, 3.8) is 0 Å². The average molecular weight is 313 g/mol. The van der Waals surface area contributed by atoms with E-state index in [1.165, 1.54) is 0 Å². The van der Waals surface area contributed by atoms with Crippen molar-refractivity contribution in [1.29, 1.82) is 0 Å². The molecule has 1 aliphatic rings. The van der Waals surface area contributed by atoms with Crippen molar-refractivity contribution in [2.24, 2.45) is 5.92 Å². The fourth-order valence-corrected chi connectivity index (χ4v) is 2.96. The van der Waals surface area contributed by atoms with Crippen LogP contribution in [0.3, 0.4) is 0 Å². The Kier molecular flexibility index (Phi) is 4.41. The fraction of sp³-hybridized carbons (Fsp3) is 0.353. The van der Waals surface area contributed by atoms with Crippen molar-refractivity contribution in [2.45, 2.75) is 19.3 Å². The predicted molar refractivity (Wildman–Crippen MR) is 84.4 cm³/mol. The quantitative estimate of drug-likeness (QED) is 0.939. The molecule has 2 aromatic rings. The number of carboxylic acids is 1. The number of carbonyl (C=O) groups is 2. The Hall–Kier alpha value is -2.63. The van der Waals surface area contributed by atoms with Crippen LogP contribution in [0, 0.1) is 5.92 Å². The van der Waals surface area contributed by atoms with Crippen molar-refractivity contribution in [3.05, 3.63) is 48.5 Å². The summed E-state index contributed by atoms with van der Waals surface area (Å²) >= 11 is 0. The number of imidazole rings is 1. The van der Waals surface area contributed by atoms with E-state index in [9.17, 15) is 9.59 Å². The van der Waals surface area contributed by atoms with Gasteiger partial charge in [0, 0.05) is 43.2 Å². The van der Waals surface area contributed by atoms with Crippen LogP contribution < -0.4 is 0 Å². The molecule has 120 valence electrons. The highest BCUT2D eigenvalue weighted by atomic mass is 16.4. The summed E-state index contributed by atoms with van der Waals surface area (Å²) in [5.74, 6) is -0.569. The molecule has 0 atom stereocenters. The first kappa shape index (κ1) is 15.3. The van der Waals surface area contributed by atoms with E-state index < -0.39 is 5.97 Å². The number of nitrogens with zero attached hydrogens (tertiary/aromatic N) is 3. The summed E-state index contributed by atoms with van der Waals surface area (Å²) in [5.41, 5.74) is 1.62. The van der Waals surface area contributed by atoms with Gasteiger partial charge in [-0.2, -0.15) is 0 Å². The van der Waals surface area contributed by atoms with E-state index in [1.807, 2.05) is 39.9 Å². The number of hydrogen-bond acceptors (Lipinski definition) is 3. The molecule has 1 aromatic heterocycles. The van der Waals surface area contributed by atoms with Crippen LogP contribution >= 0.6 is 0 Å². The van der Waals surface area contributed by atoms with Gasteiger partial charge in [0.25, 0.3) is 5.91 Å². The highest BCUT2D eigenvalue weighted by Gasteiger charge is 2.24. The van der Waals surface area contributed by atoms with E-state index >= 15 is 0 Å². The van der Waals surface area contributed by atoms with Crippen LogP contribution in [0.15, 0.2) is 43.0 Å². The summed E-state index contributed by atoms with van der Waals surface area (Å²) in [7, 11) is 0. The van der Waals surface area contributed by atoms with Crippen LogP contribution in [-0.4, -0.2) is 44.5 Å². The summed E-state index contributed by atoms with van der Waals surface area (Å²) in [6.45, 7) is 1.25. The third-order valence-electron chi connectivity index (χ3n) is 4.28. The molecule has 0 spiro atoms. The van der Waals surface area contributed by atoms with Crippen LogP contribution in [0.5, 0.6) is 0 Å². The zero-order valence-electron chi connectivity index (χ0n) is 12.8. The molecule has 1 saturated heterocycles. The number of benzene rings is 1. The lowest BCUT2D eigenvalue weighted by Gasteiger charge is -2.31. The van der Waals surface area contributed by atoms with Gasteiger partial charge in [-0.15, -0.1) is 0 Å². The van der Waals surface area contributed by atoms with Gasteiger partial charge in [0.15, 0.2) is 0 Å². The van der Waals surface area contributed by atoms with E-state index in [4.69, 9.17) is 5.11 Å². The second-order valence-electron chi connectivity index (χ2n) is 5.85. The van der Waals surface area contributed by atoms with Crippen molar-refractivity contribution < 1.29 is 14.7 Å². The Morgan fingerprint density at radius 2 is 1.87 bits per heavy atom. The summed E-state index contributed by atoms with van der Waals surface area (Å²) in [6, 6.07) is 7.43. The van der Waals surface area contributed by atoms with Gasteiger partial charge in [-0.05, 0) is 43.0 Å². The summed E-state index contributed by atoms with van der Waals surface area (Å²) in [6.07, 6.45) is 6.98. The number of likely N-dealkylation sites (tertiary alicyclic amines) is 1. The highest BCUT2D eigenvalue weighted by Crippen LogP contribution is 2.22. The van der Waals surface area contributed by atoms with Crippen molar-refractivity contribution in [2.75, 3.05) is 13.1 Å². The highest BCUT2D eigenvalue weighted by molar-refractivity contribution is 5.94. The molecule has 1 aromatic carbocycles. The van der Waals surface area contributed by atoms with Gasteiger partial charge in [-0.3, -0.25) is 9.59 Å². The number of aromatic nitrogens is 2. The molecule has 2 heterocycles. The first-order chi connectivity index (χ1) is 11.1. The minimum atomic E-state index is -0.759. The average Bonchev–Trinajstić information content (AvgIpc) is 3.09. The number of aliphatic carboxylic acids is 1. The molecular formula is C17H19N3O3. The Labute approximate surface area is 134 Å². The van der Waals surface area contributed by atoms with Crippen LogP contribution in [0.4, 0.5) is 0 Å². The number of hydrogen-bond donors (Lipinski definition) is 1. The van der Waals surface area contributed by atoms with Gasteiger partial charge in [-0.25, -0.2) is 4.98 Å². The molecule has 23 heavy (non-hydrogen) atoms. The van der Waals surface area contributed by atoms with Gasteiger partial charge in [0.05, 0.1) is 6.33 Å². The van der Waals surface area contributed by atoms with Crippen molar-refractivity contribution in [1.82, 2.24) is 14.5 Å². The number of amides is 1. The van der Waals surface area contributed by atoms with Gasteiger partial charge in [0.2, 0.25) is 0 Å². The van der Waals surface area contributed by atoms with E-state index in [1.54, 1.807) is 12.5 Å². The molecule has 6 heteroatoms. The Bertz CT molecular complexity index is 672. The molecule has 0 aliphatic carbocycles. The molecule has 0 bridgehead atoms. The minimum Gasteiger partial charge on any atom is -0.481 e. The number of carbonyl (C=O) groups excluding carboxylic acids is 1. The lowest BCUT2D eigenvalue weighted by molar-refractivity contribution is -0.138. The van der Waals surface area contributed by atoms with Crippen molar-refractivity contribution in [3.8, 4) is 5.69 Å². The number of piperidine rings is 1. The summed E-state index contributed by atoms with van der Waals surface area (Å²) in [5, 5.41) is 8.84. The fourth-order valence-electron chi connectivity index (χ4n) is 2.96. The summed E-state index contributed by atoms with van der Waals surface area (Å²) in [4.78, 5) is 29.1. The van der Waals surface area contributed by atoms with Gasteiger partial charge in [-0.1, -0.05) is 0 Å². The normalized spacial score (nSPS) is 15.6. The molecule has 1 N–H and O–H groups in total. The van der Waals surface area contributed by atoms with E-state index in [2.05, 4.69) is 4.98 Å². The van der Waals surface area contributed by atoms with Gasteiger partial charge < -0.3 is 14.6 Å². The first-order valence-corrected chi connectivity index (χ1v) is 7.73. The molecular weight excluding hydrogens is 294 g/mol. The maximum absolute atomic E-state index is 12.5. The van der Waals surface area contributed by atoms with E-state index in [-0.39, 0.29) is 18.2 Å². The zero-order chi connectivity index (χ0) is 16.2. The monoisotopic (exact) mass is 313 g/mol. The second-order valence-corrected chi connectivity index (χ2v) is 5.85. The summed E-state index contributed by atoms with van der Waals surface area (Å²) < 4.78 is 1.88. The lowest BCUT2D eigenvalue weighted by Crippen LogP contribution is -2.38. The predicted octanol–water partition coefficient (Wildman–Crippen LogP) is 2.20. The molecule has 0 saturated carbocycles. The smallest absolute Gasteiger partial charge is 0.303 e. The Balaban J connectivity index is 1.61. The van der Waals surface area contributed by atoms with Crippen LogP contribution in [0.25, 0.3) is 5.69 Å². The molecule has 6 nitrogen and oxygen atoms in total. The Morgan fingerprint density at radius 1 is 1.17 bits per heavy atom. The minimum absolute atomic E-state index is 0.0101.